The van der Waals surface area contributed by atoms with Gasteiger partial charge in [-0.1, -0.05) is 0 Å². The van der Waals surface area contributed by atoms with Gasteiger partial charge < -0.3 is 4.74 Å². The van der Waals surface area contributed by atoms with Gasteiger partial charge in [0.25, 0.3) is 0 Å². The number of rotatable bonds is 1. The molecule has 0 N–H and O–H groups in total. The van der Waals surface area contributed by atoms with Crippen LogP contribution in [0.15, 0.2) is 12.1 Å². The molecule has 0 aliphatic rings. The summed E-state index contributed by atoms with van der Waals surface area (Å²) < 4.78 is 62.5. The van der Waals surface area contributed by atoms with Crippen LogP contribution in [0.3, 0.4) is 0 Å². The SMILES string of the molecule is Fc1cc[c]c(OC(F)(F)F)c1F. The van der Waals surface area contributed by atoms with E-state index in [0.29, 0.717) is 6.07 Å². The van der Waals surface area contributed by atoms with Crippen molar-refractivity contribution in [3.63, 3.8) is 0 Å². The van der Waals surface area contributed by atoms with E-state index in [0.717, 1.165) is 6.07 Å². The van der Waals surface area contributed by atoms with Gasteiger partial charge in [0, 0.05) is 6.07 Å². The minimum atomic E-state index is -5.05. The molecule has 1 aromatic rings. The zero-order chi connectivity index (χ0) is 10.1. The van der Waals surface area contributed by atoms with E-state index in [1.807, 2.05) is 0 Å². The van der Waals surface area contributed by atoms with E-state index >= 15 is 0 Å². The molecule has 1 aromatic carbocycles. The first-order valence-electron chi connectivity index (χ1n) is 3.01. The van der Waals surface area contributed by atoms with Crippen molar-refractivity contribution in [2.24, 2.45) is 0 Å². The molecule has 0 saturated carbocycles. The molecule has 0 unspecified atom stereocenters. The maximum Gasteiger partial charge on any atom is 0.573 e. The van der Waals surface area contributed by atoms with Crippen LogP contribution in [0.2, 0.25) is 0 Å². The van der Waals surface area contributed by atoms with Crippen molar-refractivity contribution in [3.8, 4) is 5.75 Å². The number of benzene rings is 1. The molecule has 0 spiro atoms. The van der Waals surface area contributed by atoms with E-state index in [9.17, 15) is 22.0 Å². The quantitative estimate of drug-likeness (QED) is 0.629. The first kappa shape index (κ1) is 9.76. The molecule has 0 aliphatic heterocycles. The Morgan fingerprint density at radius 1 is 1.23 bits per heavy atom. The number of alkyl halides is 3. The third-order valence-electron chi connectivity index (χ3n) is 1.07. The van der Waals surface area contributed by atoms with Crippen molar-refractivity contribution >= 4 is 0 Å². The first-order chi connectivity index (χ1) is 5.90. The van der Waals surface area contributed by atoms with Crippen LogP contribution in [0, 0.1) is 17.7 Å². The average Bonchev–Trinajstić information content (AvgIpc) is 1.96. The van der Waals surface area contributed by atoms with Crippen LogP contribution in [0.1, 0.15) is 0 Å². The van der Waals surface area contributed by atoms with E-state index < -0.39 is 23.7 Å². The molecule has 71 valence electrons. The third kappa shape index (κ3) is 2.57. The molecule has 0 atom stereocenters. The lowest BCUT2D eigenvalue weighted by atomic mass is 10.3. The Bertz CT molecular complexity index is 306. The molecule has 0 fully saturated rings. The summed E-state index contributed by atoms with van der Waals surface area (Å²) in [5.74, 6) is -4.43. The van der Waals surface area contributed by atoms with E-state index in [1.165, 1.54) is 0 Å². The van der Waals surface area contributed by atoms with E-state index in [1.54, 1.807) is 6.07 Å². The second kappa shape index (κ2) is 3.20. The molecule has 0 aromatic heterocycles. The van der Waals surface area contributed by atoms with Gasteiger partial charge in [0.05, 0.1) is 0 Å². The standard InChI is InChI=1S/C7H2F5O/c8-4-2-1-3-5(6(4)9)13-7(10,11)12/h1-2H. The second-order valence-corrected chi connectivity index (χ2v) is 2.02. The predicted molar refractivity (Wildman–Crippen MR) is 31.9 cm³/mol. The molecule has 6 heteroatoms. The maximum absolute atomic E-state index is 12.5. The molecule has 1 rings (SSSR count). The monoisotopic (exact) mass is 197 g/mol. The van der Waals surface area contributed by atoms with Gasteiger partial charge in [0.2, 0.25) is 5.82 Å². The largest absolute Gasteiger partial charge is 0.573 e. The Kier molecular flexibility index (Phi) is 2.40. The topological polar surface area (TPSA) is 9.23 Å². The van der Waals surface area contributed by atoms with Gasteiger partial charge in [-0.25, -0.2) is 4.39 Å². The summed E-state index contributed by atoms with van der Waals surface area (Å²) in [6.45, 7) is 0. The summed E-state index contributed by atoms with van der Waals surface area (Å²) in [6, 6.07) is 3.21. The van der Waals surface area contributed by atoms with Crippen molar-refractivity contribution in [1.82, 2.24) is 0 Å². The molecule has 1 radical (unpaired) electrons. The molecular formula is C7H2F5O. The zero-order valence-corrected chi connectivity index (χ0v) is 5.95. The highest BCUT2D eigenvalue weighted by molar-refractivity contribution is 5.23. The van der Waals surface area contributed by atoms with Gasteiger partial charge >= 0.3 is 6.36 Å². The number of ether oxygens (including phenoxy) is 1. The van der Waals surface area contributed by atoms with Crippen molar-refractivity contribution in [2.75, 3.05) is 0 Å². The summed E-state index contributed by atoms with van der Waals surface area (Å²) >= 11 is 0. The molecule has 0 saturated heterocycles. The Morgan fingerprint density at radius 3 is 2.38 bits per heavy atom. The highest BCUT2D eigenvalue weighted by Gasteiger charge is 2.32. The van der Waals surface area contributed by atoms with Gasteiger partial charge in [-0.2, -0.15) is 4.39 Å². The van der Waals surface area contributed by atoms with Crippen LogP contribution in [-0.2, 0) is 0 Å². The minimum absolute atomic E-state index is 0.637. The van der Waals surface area contributed by atoms with Crippen molar-refractivity contribution < 1.29 is 26.7 Å². The number of halogens is 5. The lowest BCUT2D eigenvalue weighted by Crippen LogP contribution is -2.18. The molecule has 0 aliphatic carbocycles. The third-order valence-corrected chi connectivity index (χ3v) is 1.07. The molecule has 1 nitrogen and oxygen atoms in total. The normalized spacial score (nSPS) is 11.5. The Labute approximate surface area is 69.7 Å². The molecule has 13 heavy (non-hydrogen) atoms. The molecule has 0 bridgehead atoms. The fraction of sp³-hybridized carbons (Fsp3) is 0.143. The van der Waals surface area contributed by atoms with E-state index in [4.69, 9.17) is 0 Å². The van der Waals surface area contributed by atoms with E-state index in [2.05, 4.69) is 4.74 Å². The van der Waals surface area contributed by atoms with Crippen molar-refractivity contribution in [2.45, 2.75) is 6.36 Å². The van der Waals surface area contributed by atoms with Crippen LogP contribution in [0.4, 0.5) is 22.0 Å². The highest BCUT2D eigenvalue weighted by atomic mass is 19.4. The Balaban J connectivity index is 2.96. The van der Waals surface area contributed by atoms with Gasteiger partial charge in [0.1, 0.15) is 0 Å². The summed E-state index contributed by atoms with van der Waals surface area (Å²) in [5, 5.41) is 0. The Morgan fingerprint density at radius 2 is 1.85 bits per heavy atom. The van der Waals surface area contributed by atoms with Crippen LogP contribution in [0.25, 0.3) is 0 Å². The zero-order valence-electron chi connectivity index (χ0n) is 5.95. The molecule has 0 heterocycles. The second-order valence-electron chi connectivity index (χ2n) is 2.02. The summed E-state index contributed by atoms with van der Waals surface area (Å²) in [4.78, 5) is 0. The van der Waals surface area contributed by atoms with Crippen LogP contribution in [0.5, 0.6) is 5.75 Å². The first-order valence-corrected chi connectivity index (χ1v) is 3.01. The van der Waals surface area contributed by atoms with Gasteiger partial charge in [-0.05, 0) is 12.1 Å². The fourth-order valence-corrected chi connectivity index (χ4v) is 0.625. The lowest BCUT2D eigenvalue weighted by Gasteiger charge is -2.08. The average molecular weight is 197 g/mol. The lowest BCUT2D eigenvalue weighted by molar-refractivity contribution is -0.275. The van der Waals surface area contributed by atoms with Crippen molar-refractivity contribution in [3.05, 3.63) is 29.8 Å². The van der Waals surface area contributed by atoms with Crippen LogP contribution in [-0.4, -0.2) is 6.36 Å². The number of hydrogen-bond acceptors (Lipinski definition) is 1. The summed E-state index contributed by atoms with van der Waals surface area (Å²) in [6.07, 6.45) is -5.05. The summed E-state index contributed by atoms with van der Waals surface area (Å²) in [7, 11) is 0. The Hall–Kier alpha value is -1.33. The highest BCUT2D eigenvalue weighted by Crippen LogP contribution is 2.25. The molecular weight excluding hydrogens is 195 g/mol. The fourth-order valence-electron chi connectivity index (χ4n) is 0.625. The van der Waals surface area contributed by atoms with Crippen LogP contribution >= 0.6 is 0 Å². The van der Waals surface area contributed by atoms with Crippen LogP contribution < -0.4 is 4.74 Å². The predicted octanol–water partition coefficient (Wildman–Crippen LogP) is 2.66. The molecule has 0 amide bonds. The number of hydrogen-bond donors (Lipinski definition) is 0. The van der Waals surface area contributed by atoms with Gasteiger partial charge in [0.15, 0.2) is 11.6 Å². The van der Waals surface area contributed by atoms with E-state index in [-0.39, 0.29) is 0 Å². The van der Waals surface area contributed by atoms with Crippen molar-refractivity contribution in [1.29, 1.82) is 0 Å². The maximum atomic E-state index is 12.5. The van der Waals surface area contributed by atoms with Gasteiger partial charge in [-0.3, -0.25) is 0 Å². The summed E-state index contributed by atoms with van der Waals surface area (Å²) in [5.41, 5.74) is 0. The minimum Gasteiger partial charge on any atom is -0.402 e. The van der Waals surface area contributed by atoms with Gasteiger partial charge in [-0.15, -0.1) is 13.2 Å². The smallest absolute Gasteiger partial charge is 0.402 e.